The van der Waals surface area contributed by atoms with Gasteiger partial charge in [0.2, 0.25) is 0 Å². The quantitative estimate of drug-likeness (QED) is 0.596. The monoisotopic (exact) mass is 177 g/mol. The number of aliphatic hydroxyl groups is 1. The summed E-state index contributed by atoms with van der Waals surface area (Å²) in [6.07, 6.45) is 1.20. The van der Waals surface area contributed by atoms with Crippen LogP contribution in [0.15, 0.2) is 0 Å². The Kier molecular flexibility index (Phi) is 6.01. The fourth-order valence-corrected chi connectivity index (χ4v) is 1.76. The normalized spacial score (nSPS) is 16.4. The minimum absolute atomic E-state index is 0.0974. The summed E-state index contributed by atoms with van der Waals surface area (Å²) in [4.78, 5) is 0. The Morgan fingerprint density at radius 3 is 2.55 bits per heavy atom. The maximum atomic E-state index is 9.01. The highest BCUT2D eigenvalue weighted by atomic mass is 32.2. The van der Waals surface area contributed by atoms with Crippen LogP contribution < -0.4 is 5.32 Å². The van der Waals surface area contributed by atoms with Crippen molar-refractivity contribution in [2.75, 3.05) is 25.2 Å². The van der Waals surface area contributed by atoms with Crippen LogP contribution in [-0.2, 0) is 0 Å². The first-order valence-electron chi connectivity index (χ1n) is 4.06. The number of hydrogen-bond acceptors (Lipinski definition) is 3. The van der Waals surface area contributed by atoms with Crippen LogP contribution in [0.3, 0.4) is 0 Å². The van der Waals surface area contributed by atoms with Gasteiger partial charge in [0.25, 0.3) is 0 Å². The highest BCUT2D eigenvalue weighted by Crippen LogP contribution is 2.12. The molecule has 2 N–H and O–H groups in total. The summed E-state index contributed by atoms with van der Waals surface area (Å²) < 4.78 is 0. The summed E-state index contributed by atoms with van der Waals surface area (Å²) in [6.45, 7) is 4.42. The van der Waals surface area contributed by atoms with Gasteiger partial charge in [0.05, 0.1) is 6.61 Å². The lowest BCUT2D eigenvalue weighted by atomic mass is 10.1. The van der Waals surface area contributed by atoms with Gasteiger partial charge in [-0.2, -0.15) is 11.8 Å². The average Bonchev–Trinajstić information content (AvgIpc) is 2.05. The molecule has 1 unspecified atom stereocenters. The van der Waals surface area contributed by atoms with E-state index in [0.29, 0.717) is 0 Å². The molecule has 0 aliphatic heterocycles. The molecule has 11 heavy (non-hydrogen) atoms. The molecular weight excluding hydrogens is 158 g/mol. The largest absolute Gasteiger partial charge is 0.394 e. The number of likely N-dealkylation sites (N-methyl/N-ethyl adjacent to an activating group) is 1. The van der Waals surface area contributed by atoms with E-state index in [1.165, 1.54) is 12.2 Å². The number of nitrogens with one attached hydrogen (secondary N) is 1. The lowest BCUT2D eigenvalue weighted by Crippen LogP contribution is -2.45. The van der Waals surface area contributed by atoms with E-state index in [9.17, 15) is 0 Å². The first-order chi connectivity index (χ1) is 5.18. The molecule has 0 saturated heterocycles. The smallest absolute Gasteiger partial charge is 0.0618 e. The Labute approximate surface area is 73.8 Å². The highest BCUT2D eigenvalue weighted by Gasteiger charge is 2.19. The predicted molar refractivity (Wildman–Crippen MR) is 52.2 cm³/mol. The fourth-order valence-electron chi connectivity index (χ4n) is 0.639. The molecule has 0 bridgehead atoms. The van der Waals surface area contributed by atoms with Crippen molar-refractivity contribution in [3.05, 3.63) is 0 Å². The van der Waals surface area contributed by atoms with Gasteiger partial charge in [-0.25, -0.2) is 0 Å². The maximum Gasteiger partial charge on any atom is 0.0618 e. The molecule has 0 amide bonds. The van der Waals surface area contributed by atoms with Gasteiger partial charge < -0.3 is 10.4 Å². The van der Waals surface area contributed by atoms with E-state index in [1.807, 2.05) is 25.7 Å². The van der Waals surface area contributed by atoms with Crippen molar-refractivity contribution in [2.45, 2.75) is 25.8 Å². The Hall–Kier alpha value is 0.270. The summed E-state index contributed by atoms with van der Waals surface area (Å²) in [5.74, 6) is 2.16. The first kappa shape index (κ1) is 11.3. The second-order valence-corrected chi connectivity index (χ2v) is 4.13. The molecule has 0 spiro atoms. The summed E-state index contributed by atoms with van der Waals surface area (Å²) in [7, 11) is 1.89. The summed E-state index contributed by atoms with van der Waals surface area (Å²) >= 11 is 1.89. The van der Waals surface area contributed by atoms with Crippen LogP contribution >= 0.6 is 11.8 Å². The van der Waals surface area contributed by atoms with Crippen LogP contribution in [0.5, 0.6) is 0 Å². The molecule has 0 aromatic heterocycles. The average molecular weight is 177 g/mol. The van der Waals surface area contributed by atoms with Crippen LogP contribution in [0.1, 0.15) is 20.3 Å². The zero-order valence-corrected chi connectivity index (χ0v) is 8.50. The Morgan fingerprint density at radius 1 is 1.55 bits per heavy atom. The molecule has 0 heterocycles. The molecule has 1 atom stereocenters. The minimum Gasteiger partial charge on any atom is -0.394 e. The van der Waals surface area contributed by atoms with Gasteiger partial charge >= 0.3 is 0 Å². The molecule has 68 valence electrons. The van der Waals surface area contributed by atoms with Crippen molar-refractivity contribution < 1.29 is 5.11 Å². The Balaban J connectivity index is 3.51. The lowest BCUT2D eigenvalue weighted by molar-refractivity contribution is 0.200. The van der Waals surface area contributed by atoms with E-state index in [1.54, 1.807) is 0 Å². The molecule has 0 rings (SSSR count). The topological polar surface area (TPSA) is 32.3 Å². The van der Waals surface area contributed by atoms with Crippen molar-refractivity contribution in [1.82, 2.24) is 5.32 Å². The standard InChI is InChI=1S/C8H19NOS/c1-4-5-11-7-8(2,6-10)9-3/h9-10H,4-7H2,1-3H3. The third-order valence-corrected chi connectivity index (χ3v) is 3.26. The van der Waals surface area contributed by atoms with E-state index >= 15 is 0 Å². The summed E-state index contributed by atoms with van der Waals surface area (Å²) in [5.41, 5.74) is -0.0974. The molecule has 3 heteroatoms. The number of aliphatic hydroxyl groups excluding tert-OH is 1. The van der Waals surface area contributed by atoms with Gasteiger partial charge in [0.15, 0.2) is 0 Å². The van der Waals surface area contributed by atoms with E-state index in [-0.39, 0.29) is 12.1 Å². The molecule has 2 nitrogen and oxygen atoms in total. The van der Waals surface area contributed by atoms with E-state index in [4.69, 9.17) is 5.11 Å². The Morgan fingerprint density at radius 2 is 2.18 bits per heavy atom. The van der Waals surface area contributed by atoms with Gasteiger partial charge in [-0.1, -0.05) is 6.92 Å². The molecule has 0 fully saturated rings. The van der Waals surface area contributed by atoms with Crippen molar-refractivity contribution in [3.63, 3.8) is 0 Å². The molecular formula is C8H19NOS. The molecule has 0 saturated carbocycles. The van der Waals surface area contributed by atoms with Crippen LogP contribution in [0.25, 0.3) is 0 Å². The summed E-state index contributed by atoms with van der Waals surface area (Å²) in [5, 5.41) is 12.1. The van der Waals surface area contributed by atoms with E-state index in [2.05, 4.69) is 12.2 Å². The van der Waals surface area contributed by atoms with Gasteiger partial charge in [-0.05, 0) is 26.1 Å². The van der Waals surface area contributed by atoms with Crippen molar-refractivity contribution in [3.8, 4) is 0 Å². The molecule has 0 aromatic rings. The zero-order chi connectivity index (χ0) is 8.74. The fraction of sp³-hybridized carbons (Fsp3) is 1.00. The Bertz CT molecular complexity index is 94.1. The SMILES string of the molecule is CCCSCC(C)(CO)NC. The van der Waals surface area contributed by atoms with Crippen LogP contribution in [0.4, 0.5) is 0 Å². The third kappa shape index (κ3) is 4.67. The van der Waals surface area contributed by atoms with Gasteiger partial charge in [-0.15, -0.1) is 0 Å². The van der Waals surface area contributed by atoms with Gasteiger partial charge in [0.1, 0.15) is 0 Å². The van der Waals surface area contributed by atoms with Crippen LogP contribution in [0, 0.1) is 0 Å². The maximum absolute atomic E-state index is 9.01. The number of hydrogen-bond donors (Lipinski definition) is 2. The highest BCUT2D eigenvalue weighted by molar-refractivity contribution is 7.99. The molecule has 0 aromatic carbocycles. The lowest BCUT2D eigenvalue weighted by Gasteiger charge is -2.26. The summed E-state index contributed by atoms with van der Waals surface area (Å²) in [6, 6.07) is 0. The predicted octanol–water partition coefficient (Wildman–Crippen LogP) is 1.10. The molecule has 0 aliphatic rings. The second-order valence-electron chi connectivity index (χ2n) is 3.02. The van der Waals surface area contributed by atoms with Crippen molar-refractivity contribution in [1.29, 1.82) is 0 Å². The van der Waals surface area contributed by atoms with Crippen LogP contribution in [0.2, 0.25) is 0 Å². The third-order valence-electron chi connectivity index (χ3n) is 1.72. The van der Waals surface area contributed by atoms with Crippen molar-refractivity contribution >= 4 is 11.8 Å². The van der Waals surface area contributed by atoms with Gasteiger partial charge in [0, 0.05) is 11.3 Å². The van der Waals surface area contributed by atoms with E-state index < -0.39 is 0 Å². The number of rotatable bonds is 6. The molecule has 0 aliphatic carbocycles. The first-order valence-corrected chi connectivity index (χ1v) is 5.21. The number of thioether (sulfide) groups is 1. The minimum atomic E-state index is -0.0974. The zero-order valence-electron chi connectivity index (χ0n) is 7.68. The van der Waals surface area contributed by atoms with Crippen molar-refractivity contribution in [2.24, 2.45) is 0 Å². The molecule has 0 radical (unpaired) electrons. The van der Waals surface area contributed by atoms with Crippen LogP contribution in [-0.4, -0.2) is 35.8 Å². The second kappa shape index (κ2) is 5.86. The van der Waals surface area contributed by atoms with Gasteiger partial charge in [-0.3, -0.25) is 0 Å². The van der Waals surface area contributed by atoms with E-state index in [0.717, 1.165) is 5.75 Å².